The fourth-order valence-corrected chi connectivity index (χ4v) is 2.53. The van der Waals surface area contributed by atoms with E-state index in [0.717, 1.165) is 6.20 Å². The Labute approximate surface area is 171 Å². The molecule has 0 unspecified atom stereocenters. The third-order valence-corrected chi connectivity index (χ3v) is 3.92. The van der Waals surface area contributed by atoms with Crippen LogP contribution in [0, 0.1) is 0 Å². The summed E-state index contributed by atoms with van der Waals surface area (Å²) in [5.74, 6) is -0.328. The Balaban J connectivity index is 1.92. The van der Waals surface area contributed by atoms with Gasteiger partial charge in [0.25, 0.3) is 0 Å². The summed E-state index contributed by atoms with van der Waals surface area (Å²) < 4.78 is 40.4. The van der Waals surface area contributed by atoms with E-state index >= 15 is 0 Å². The molecular weight excluding hydrogens is 391 g/mol. The highest BCUT2D eigenvalue weighted by atomic mass is 19.4. The second-order valence-electron chi connectivity index (χ2n) is 6.07. The number of benzene rings is 2. The molecule has 3 aromatic rings. The van der Waals surface area contributed by atoms with Crippen LogP contribution in [0.2, 0.25) is 0 Å². The molecule has 1 heterocycles. The molecule has 0 spiro atoms. The maximum absolute atomic E-state index is 13.5. The van der Waals surface area contributed by atoms with E-state index in [-0.39, 0.29) is 11.8 Å². The van der Waals surface area contributed by atoms with Crippen molar-refractivity contribution in [1.82, 2.24) is 9.97 Å². The van der Waals surface area contributed by atoms with Crippen molar-refractivity contribution in [1.29, 1.82) is 0 Å². The molecule has 0 saturated carbocycles. The van der Waals surface area contributed by atoms with Crippen molar-refractivity contribution in [2.24, 2.45) is 0 Å². The van der Waals surface area contributed by atoms with Gasteiger partial charge in [0.1, 0.15) is 11.4 Å². The molecule has 0 radical (unpaired) electrons. The summed E-state index contributed by atoms with van der Waals surface area (Å²) in [6, 6.07) is 15.6. The van der Waals surface area contributed by atoms with Crippen molar-refractivity contribution in [3.63, 3.8) is 0 Å². The van der Waals surface area contributed by atoms with Gasteiger partial charge < -0.3 is 16.0 Å². The van der Waals surface area contributed by atoms with Gasteiger partial charge in [-0.2, -0.15) is 18.2 Å². The quantitative estimate of drug-likeness (QED) is 0.318. The third-order valence-electron chi connectivity index (χ3n) is 3.92. The Morgan fingerprint density at radius 2 is 1.67 bits per heavy atom. The molecule has 0 fully saturated rings. The standard InChI is InChI=1S/C22H18F3N5/c1-3-15(4-2)27-17-11-8-12-18(13-17)28-20-19(22(23,24)25)14-26-21(30-20)29-16-9-6-5-7-10-16/h3,5-14,27H,1-2H2,(H2,26,28,29,30). The van der Waals surface area contributed by atoms with Crippen LogP contribution >= 0.6 is 0 Å². The highest BCUT2D eigenvalue weighted by molar-refractivity contribution is 5.67. The van der Waals surface area contributed by atoms with Crippen LogP contribution in [0.3, 0.4) is 0 Å². The maximum Gasteiger partial charge on any atom is 0.421 e. The van der Waals surface area contributed by atoms with Gasteiger partial charge in [-0.25, -0.2) is 4.98 Å². The van der Waals surface area contributed by atoms with Gasteiger partial charge in [-0.05, 0) is 36.4 Å². The number of hydrogen-bond donors (Lipinski definition) is 3. The van der Waals surface area contributed by atoms with Crippen LogP contribution in [0.25, 0.3) is 0 Å². The van der Waals surface area contributed by atoms with Crippen LogP contribution in [0.1, 0.15) is 5.56 Å². The molecule has 0 atom stereocenters. The van der Waals surface area contributed by atoms with E-state index in [2.05, 4.69) is 44.8 Å². The lowest BCUT2D eigenvalue weighted by Gasteiger charge is -2.15. The molecule has 0 aliphatic heterocycles. The normalized spacial score (nSPS) is 10.6. The molecule has 0 saturated heterocycles. The van der Waals surface area contributed by atoms with Gasteiger partial charge in [-0.15, -0.1) is 5.73 Å². The molecule has 3 rings (SSSR count). The Morgan fingerprint density at radius 1 is 0.967 bits per heavy atom. The summed E-state index contributed by atoms with van der Waals surface area (Å²) in [4.78, 5) is 7.83. The first-order chi connectivity index (χ1) is 14.4. The minimum absolute atomic E-state index is 0.0366. The Morgan fingerprint density at radius 3 is 2.33 bits per heavy atom. The second kappa shape index (κ2) is 8.98. The molecule has 0 aliphatic carbocycles. The number of para-hydroxylation sites is 1. The highest BCUT2D eigenvalue weighted by Crippen LogP contribution is 2.35. The summed E-state index contributed by atoms with van der Waals surface area (Å²) >= 11 is 0. The molecule has 2 aromatic carbocycles. The predicted octanol–water partition coefficient (Wildman–Crippen LogP) is 6.25. The van der Waals surface area contributed by atoms with Gasteiger partial charge in [0, 0.05) is 23.3 Å². The number of rotatable bonds is 7. The maximum atomic E-state index is 13.5. The van der Waals surface area contributed by atoms with Gasteiger partial charge in [0.2, 0.25) is 5.95 Å². The van der Waals surface area contributed by atoms with E-state index < -0.39 is 11.7 Å². The summed E-state index contributed by atoms with van der Waals surface area (Å²) in [6.07, 6.45) is -2.34. The van der Waals surface area contributed by atoms with Crippen molar-refractivity contribution < 1.29 is 13.2 Å². The average molecular weight is 409 g/mol. The van der Waals surface area contributed by atoms with Crippen molar-refractivity contribution in [2.75, 3.05) is 16.0 Å². The minimum Gasteiger partial charge on any atom is -0.349 e. The first-order valence-electron chi connectivity index (χ1n) is 8.82. The van der Waals surface area contributed by atoms with Gasteiger partial charge >= 0.3 is 6.18 Å². The van der Waals surface area contributed by atoms with Crippen LogP contribution < -0.4 is 16.0 Å². The lowest BCUT2D eigenvalue weighted by atomic mass is 10.2. The molecular formula is C22H18F3N5. The molecule has 1 aromatic heterocycles. The minimum atomic E-state index is -4.62. The van der Waals surface area contributed by atoms with Crippen LogP contribution in [-0.2, 0) is 6.18 Å². The molecule has 3 N–H and O–H groups in total. The molecule has 30 heavy (non-hydrogen) atoms. The zero-order valence-electron chi connectivity index (χ0n) is 15.8. The van der Waals surface area contributed by atoms with E-state index in [0.29, 0.717) is 22.8 Å². The average Bonchev–Trinajstić information content (AvgIpc) is 2.72. The lowest BCUT2D eigenvalue weighted by molar-refractivity contribution is -0.137. The van der Waals surface area contributed by atoms with Crippen molar-refractivity contribution in [2.45, 2.75) is 6.18 Å². The smallest absolute Gasteiger partial charge is 0.349 e. The summed E-state index contributed by atoms with van der Waals surface area (Å²) in [6.45, 7) is 7.17. The van der Waals surface area contributed by atoms with Crippen LogP contribution in [-0.4, -0.2) is 9.97 Å². The molecule has 0 bridgehead atoms. The van der Waals surface area contributed by atoms with Crippen molar-refractivity contribution in [3.05, 3.63) is 97.0 Å². The van der Waals surface area contributed by atoms with Gasteiger partial charge in [0.05, 0.1) is 5.70 Å². The fraction of sp³-hybridized carbons (Fsp3) is 0.0455. The van der Waals surface area contributed by atoms with Gasteiger partial charge in [-0.1, -0.05) is 37.4 Å². The number of alkyl halides is 3. The third kappa shape index (κ3) is 5.27. The van der Waals surface area contributed by atoms with Crippen LogP contribution in [0.4, 0.5) is 42.0 Å². The molecule has 152 valence electrons. The van der Waals surface area contributed by atoms with Gasteiger partial charge in [-0.3, -0.25) is 0 Å². The van der Waals surface area contributed by atoms with E-state index in [1.165, 1.54) is 6.08 Å². The topological polar surface area (TPSA) is 61.9 Å². The van der Waals surface area contributed by atoms with E-state index in [1.807, 2.05) is 6.07 Å². The van der Waals surface area contributed by atoms with Crippen LogP contribution in [0.5, 0.6) is 0 Å². The monoisotopic (exact) mass is 409 g/mol. The summed E-state index contributed by atoms with van der Waals surface area (Å²) in [5.41, 5.74) is 3.92. The summed E-state index contributed by atoms with van der Waals surface area (Å²) in [7, 11) is 0. The largest absolute Gasteiger partial charge is 0.421 e. The second-order valence-corrected chi connectivity index (χ2v) is 6.07. The number of aromatic nitrogens is 2. The van der Waals surface area contributed by atoms with E-state index in [1.54, 1.807) is 48.5 Å². The Hall–Kier alpha value is -4.03. The van der Waals surface area contributed by atoms with Gasteiger partial charge in [0.15, 0.2) is 0 Å². The summed E-state index contributed by atoms with van der Waals surface area (Å²) in [5, 5.41) is 8.63. The Bertz CT molecular complexity index is 1090. The SMILES string of the molecule is C=C=C(C=C)Nc1cccc(Nc2nc(Nc3ccccc3)ncc2C(F)(F)F)c1. The number of nitrogens with one attached hydrogen (secondary N) is 3. The number of allylic oxidation sites excluding steroid dienone is 1. The molecule has 8 heteroatoms. The first kappa shape index (κ1) is 20.7. The Kier molecular flexibility index (Phi) is 6.20. The zero-order valence-corrected chi connectivity index (χ0v) is 15.8. The molecule has 0 aliphatic rings. The fourth-order valence-electron chi connectivity index (χ4n) is 2.53. The number of anilines is 5. The van der Waals surface area contributed by atoms with E-state index in [4.69, 9.17) is 0 Å². The van der Waals surface area contributed by atoms with Crippen molar-refractivity contribution >= 4 is 28.8 Å². The first-order valence-corrected chi connectivity index (χ1v) is 8.82. The number of halogens is 3. The lowest BCUT2D eigenvalue weighted by Crippen LogP contribution is -2.12. The van der Waals surface area contributed by atoms with E-state index in [9.17, 15) is 13.2 Å². The number of nitrogens with zero attached hydrogens (tertiary/aromatic N) is 2. The van der Waals surface area contributed by atoms with Crippen LogP contribution in [0.15, 0.2) is 91.5 Å². The zero-order chi connectivity index (χ0) is 21.6. The molecule has 0 amide bonds. The predicted molar refractivity (Wildman–Crippen MR) is 113 cm³/mol. The van der Waals surface area contributed by atoms with Crippen molar-refractivity contribution in [3.8, 4) is 0 Å². The highest BCUT2D eigenvalue weighted by Gasteiger charge is 2.35. The number of hydrogen-bond acceptors (Lipinski definition) is 5. The molecule has 5 nitrogen and oxygen atoms in total.